The van der Waals surface area contributed by atoms with Gasteiger partial charge in [0.2, 0.25) is 0 Å². The van der Waals surface area contributed by atoms with Gasteiger partial charge in [-0.1, -0.05) is 6.07 Å². The van der Waals surface area contributed by atoms with Crippen LogP contribution in [0, 0.1) is 5.82 Å². The van der Waals surface area contributed by atoms with E-state index < -0.39 is 0 Å². The van der Waals surface area contributed by atoms with Crippen LogP contribution in [0.1, 0.15) is 16.2 Å². The molecule has 0 unspecified atom stereocenters. The monoisotopic (exact) mass is 341 g/mol. The summed E-state index contributed by atoms with van der Waals surface area (Å²) < 4.78 is 13.0. The van der Waals surface area contributed by atoms with Crippen LogP contribution in [0.3, 0.4) is 0 Å². The second-order valence-corrected chi connectivity index (χ2v) is 6.20. The van der Waals surface area contributed by atoms with E-state index in [-0.39, 0.29) is 11.7 Å². The summed E-state index contributed by atoms with van der Waals surface area (Å²) in [7, 11) is 1.75. The van der Waals surface area contributed by atoms with Gasteiger partial charge in [0.25, 0.3) is 5.91 Å². The molecule has 0 aliphatic rings. The molecule has 3 aromatic rings. The Morgan fingerprint density at radius 2 is 2.00 bits per heavy atom. The molecule has 2 aromatic heterocycles. The van der Waals surface area contributed by atoms with Crippen molar-refractivity contribution in [3.05, 3.63) is 71.2 Å². The zero-order valence-electron chi connectivity index (χ0n) is 13.1. The molecule has 1 aromatic carbocycles. The number of halogens is 1. The van der Waals surface area contributed by atoms with E-state index in [1.54, 1.807) is 35.7 Å². The Balaban J connectivity index is 1.65. The number of thiazole rings is 1. The molecule has 0 spiro atoms. The Labute approximate surface area is 143 Å². The molecular formula is C18H16FN3OS. The molecule has 0 saturated heterocycles. The first-order valence-electron chi connectivity index (χ1n) is 7.50. The molecule has 0 aliphatic heterocycles. The van der Waals surface area contributed by atoms with Crippen molar-refractivity contribution >= 4 is 17.2 Å². The maximum absolute atomic E-state index is 13.0. The van der Waals surface area contributed by atoms with E-state index in [2.05, 4.69) is 9.97 Å². The molecule has 0 bridgehead atoms. The van der Waals surface area contributed by atoms with Gasteiger partial charge in [-0.2, -0.15) is 0 Å². The number of carbonyl (C=O) groups excluding carboxylic acids is 1. The standard InChI is InChI=1S/C18H16FN3OS/c1-22(11-9-15-4-2-3-10-20-15)18(23)16-12-24-17(21-16)13-5-7-14(19)8-6-13/h2-8,10,12H,9,11H2,1H3. The van der Waals surface area contributed by atoms with Crippen molar-refractivity contribution in [1.82, 2.24) is 14.9 Å². The fourth-order valence-corrected chi connectivity index (χ4v) is 3.02. The minimum absolute atomic E-state index is 0.129. The van der Waals surface area contributed by atoms with E-state index in [1.165, 1.54) is 23.5 Å². The molecule has 122 valence electrons. The first-order valence-corrected chi connectivity index (χ1v) is 8.38. The summed E-state index contributed by atoms with van der Waals surface area (Å²) in [5.74, 6) is -0.420. The van der Waals surface area contributed by atoms with Gasteiger partial charge in [0.15, 0.2) is 0 Å². The highest BCUT2D eigenvalue weighted by Gasteiger charge is 2.16. The summed E-state index contributed by atoms with van der Waals surface area (Å²) in [5, 5.41) is 2.44. The Bertz CT molecular complexity index is 818. The quantitative estimate of drug-likeness (QED) is 0.711. The number of amides is 1. The van der Waals surface area contributed by atoms with E-state index in [1.807, 2.05) is 18.2 Å². The molecule has 0 fully saturated rings. The second-order valence-electron chi connectivity index (χ2n) is 5.34. The van der Waals surface area contributed by atoms with Gasteiger partial charge in [-0.25, -0.2) is 9.37 Å². The van der Waals surface area contributed by atoms with Crippen molar-refractivity contribution < 1.29 is 9.18 Å². The van der Waals surface area contributed by atoms with Gasteiger partial charge < -0.3 is 4.90 Å². The molecule has 0 aliphatic carbocycles. The minimum atomic E-state index is -0.291. The smallest absolute Gasteiger partial charge is 0.273 e. The first kappa shape index (κ1) is 16.3. The number of nitrogens with zero attached hydrogens (tertiary/aromatic N) is 3. The van der Waals surface area contributed by atoms with Crippen LogP contribution < -0.4 is 0 Å². The molecule has 4 nitrogen and oxygen atoms in total. The maximum atomic E-state index is 13.0. The van der Waals surface area contributed by atoms with E-state index in [0.29, 0.717) is 23.7 Å². The Morgan fingerprint density at radius 1 is 1.21 bits per heavy atom. The molecule has 0 atom stereocenters. The highest BCUT2D eigenvalue weighted by molar-refractivity contribution is 7.13. The molecule has 0 radical (unpaired) electrons. The van der Waals surface area contributed by atoms with Crippen molar-refractivity contribution in [2.24, 2.45) is 0 Å². The van der Waals surface area contributed by atoms with Crippen LogP contribution in [0.25, 0.3) is 10.6 Å². The summed E-state index contributed by atoms with van der Waals surface area (Å²) in [4.78, 5) is 22.7. The van der Waals surface area contributed by atoms with Gasteiger partial charge in [-0.15, -0.1) is 11.3 Å². The van der Waals surface area contributed by atoms with E-state index in [0.717, 1.165) is 11.3 Å². The number of hydrogen-bond acceptors (Lipinski definition) is 4. The topological polar surface area (TPSA) is 46.1 Å². The van der Waals surface area contributed by atoms with Crippen LogP contribution in [0.2, 0.25) is 0 Å². The van der Waals surface area contributed by atoms with Crippen LogP contribution >= 0.6 is 11.3 Å². The largest absolute Gasteiger partial charge is 0.340 e. The zero-order chi connectivity index (χ0) is 16.9. The summed E-state index contributed by atoms with van der Waals surface area (Å²) in [6.45, 7) is 0.569. The first-order chi connectivity index (χ1) is 11.6. The number of pyridine rings is 1. The summed E-state index contributed by atoms with van der Waals surface area (Å²) in [6, 6.07) is 11.8. The van der Waals surface area contributed by atoms with Gasteiger partial charge in [0, 0.05) is 42.8 Å². The Kier molecular flexibility index (Phi) is 4.96. The van der Waals surface area contributed by atoms with Crippen LogP contribution in [0.5, 0.6) is 0 Å². The van der Waals surface area contributed by atoms with Crippen LogP contribution in [0.4, 0.5) is 4.39 Å². The highest BCUT2D eigenvalue weighted by Crippen LogP contribution is 2.24. The van der Waals surface area contributed by atoms with Gasteiger partial charge >= 0.3 is 0 Å². The van der Waals surface area contributed by atoms with E-state index in [9.17, 15) is 9.18 Å². The fourth-order valence-electron chi connectivity index (χ4n) is 2.22. The van der Waals surface area contributed by atoms with Crippen LogP contribution in [0.15, 0.2) is 54.0 Å². The third-order valence-electron chi connectivity index (χ3n) is 3.59. The Morgan fingerprint density at radius 3 is 2.71 bits per heavy atom. The predicted octanol–water partition coefficient (Wildman–Crippen LogP) is 3.66. The number of likely N-dealkylation sites (N-methyl/N-ethyl adjacent to an activating group) is 1. The lowest BCUT2D eigenvalue weighted by atomic mass is 10.2. The molecule has 1 amide bonds. The molecule has 0 N–H and O–H groups in total. The summed E-state index contributed by atoms with van der Waals surface area (Å²) in [6.07, 6.45) is 2.44. The number of hydrogen-bond donors (Lipinski definition) is 0. The normalized spacial score (nSPS) is 10.6. The van der Waals surface area contributed by atoms with Crippen molar-refractivity contribution in [1.29, 1.82) is 0 Å². The number of benzene rings is 1. The average Bonchev–Trinajstić information content (AvgIpc) is 3.10. The van der Waals surface area contributed by atoms with Gasteiger partial charge in [0.05, 0.1) is 0 Å². The SMILES string of the molecule is CN(CCc1ccccn1)C(=O)c1csc(-c2ccc(F)cc2)n1. The molecule has 3 rings (SSSR count). The molecular weight excluding hydrogens is 325 g/mol. The van der Waals surface area contributed by atoms with E-state index >= 15 is 0 Å². The number of aromatic nitrogens is 2. The second kappa shape index (κ2) is 7.31. The van der Waals surface area contributed by atoms with Crippen molar-refractivity contribution in [3.8, 4) is 10.6 Å². The number of rotatable bonds is 5. The Hall–Kier alpha value is -2.60. The fraction of sp³-hybridized carbons (Fsp3) is 0.167. The van der Waals surface area contributed by atoms with Gasteiger partial charge in [-0.05, 0) is 36.4 Å². The lowest BCUT2D eigenvalue weighted by Gasteiger charge is -2.15. The molecule has 0 saturated carbocycles. The van der Waals surface area contributed by atoms with Crippen LogP contribution in [-0.4, -0.2) is 34.4 Å². The third kappa shape index (κ3) is 3.83. The lowest BCUT2D eigenvalue weighted by Crippen LogP contribution is -2.29. The lowest BCUT2D eigenvalue weighted by molar-refractivity contribution is 0.0791. The maximum Gasteiger partial charge on any atom is 0.273 e. The molecule has 2 heterocycles. The van der Waals surface area contributed by atoms with Crippen molar-refractivity contribution in [3.63, 3.8) is 0 Å². The van der Waals surface area contributed by atoms with Crippen LogP contribution in [-0.2, 0) is 6.42 Å². The minimum Gasteiger partial charge on any atom is -0.340 e. The zero-order valence-corrected chi connectivity index (χ0v) is 14.0. The highest BCUT2D eigenvalue weighted by atomic mass is 32.1. The molecule has 6 heteroatoms. The van der Waals surface area contributed by atoms with Gasteiger partial charge in [0.1, 0.15) is 16.5 Å². The van der Waals surface area contributed by atoms with Gasteiger partial charge in [-0.3, -0.25) is 9.78 Å². The number of carbonyl (C=O) groups is 1. The molecule has 24 heavy (non-hydrogen) atoms. The summed E-state index contributed by atoms with van der Waals surface area (Å²) in [5.41, 5.74) is 2.15. The van der Waals surface area contributed by atoms with E-state index in [4.69, 9.17) is 0 Å². The average molecular weight is 341 g/mol. The predicted molar refractivity (Wildman–Crippen MR) is 92.4 cm³/mol. The summed E-state index contributed by atoms with van der Waals surface area (Å²) >= 11 is 1.38. The van der Waals surface area contributed by atoms with Crippen molar-refractivity contribution in [2.45, 2.75) is 6.42 Å². The third-order valence-corrected chi connectivity index (χ3v) is 4.48. The van der Waals surface area contributed by atoms with Crippen molar-refractivity contribution in [2.75, 3.05) is 13.6 Å².